The number of amides is 1. The van der Waals surface area contributed by atoms with Crippen molar-refractivity contribution in [3.05, 3.63) is 28.4 Å². The number of anilines is 2. The Labute approximate surface area is 147 Å². The van der Waals surface area contributed by atoms with E-state index in [4.69, 9.17) is 4.52 Å². The van der Waals surface area contributed by atoms with Gasteiger partial charge in [-0.1, -0.05) is 5.16 Å². The number of aryl methyl sites for hydroxylation is 4. The van der Waals surface area contributed by atoms with Crippen LogP contribution in [0.4, 0.5) is 11.6 Å². The molecule has 25 heavy (non-hydrogen) atoms. The van der Waals surface area contributed by atoms with Crippen molar-refractivity contribution in [2.24, 2.45) is 0 Å². The standard InChI is InChI=1S/C18H25N5O2/c1-11-15(14(4)25-22-11)7-8-16(24)21-17-12(2)19-18(20-13(17)3)23-9-5-6-10-23/h5-10H2,1-4H3,(H,21,24). The third kappa shape index (κ3) is 3.81. The summed E-state index contributed by atoms with van der Waals surface area (Å²) in [6.07, 6.45) is 3.34. The van der Waals surface area contributed by atoms with Crippen LogP contribution in [0.2, 0.25) is 0 Å². The quantitative estimate of drug-likeness (QED) is 0.898. The van der Waals surface area contributed by atoms with Crippen molar-refractivity contribution in [1.29, 1.82) is 0 Å². The summed E-state index contributed by atoms with van der Waals surface area (Å²) in [6, 6.07) is 0. The van der Waals surface area contributed by atoms with Gasteiger partial charge in [0.05, 0.1) is 22.8 Å². The van der Waals surface area contributed by atoms with Crippen LogP contribution in [0, 0.1) is 27.7 Å². The summed E-state index contributed by atoms with van der Waals surface area (Å²) >= 11 is 0. The van der Waals surface area contributed by atoms with Crippen LogP contribution in [-0.2, 0) is 11.2 Å². The molecule has 134 valence electrons. The summed E-state index contributed by atoms with van der Waals surface area (Å²) in [7, 11) is 0. The first kappa shape index (κ1) is 17.4. The second-order valence-electron chi connectivity index (χ2n) is 6.61. The van der Waals surface area contributed by atoms with Crippen LogP contribution in [0.3, 0.4) is 0 Å². The van der Waals surface area contributed by atoms with E-state index < -0.39 is 0 Å². The van der Waals surface area contributed by atoms with Gasteiger partial charge in [0.25, 0.3) is 0 Å². The number of rotatable bonds is 5. The molecule has 0 atom stereocenters. The van der Waals surface area contributed by atoms with Crippen LogP contribution in [0.25, 0.3) is 0 Å². The van der Waals surface area contributed by atoms with Gasteiger partial charge in [-0.25, -0.2) is 9.97 Å². The van der Waals surface area contributed by atoms with Gasteiger partial charge in [-0.2, -0.15) is 0 Å². The molecule has 1 amide bonds. The van der Waals surface area contributed by atoms with Crippen molar-refractivity contribution in [1.82, 2.24) is 15.1 Å². The topological polar surface area (TPSA) is 84.2 Å². The Bertz CT molecular complexity index is 735. The van der Waals surface area contributed by atoms with E-state index in [1.807, 2.05) is 27.7 Å². The van der Waals surface area contributed by atoms with Crippen molar-refractivity contribution < 1.29 is 9.32 Å². The summed E-state index contributed by atoms with van der Waals surface area (Å²) < 4.78 is 5.14. The SMILES string of the molecule is Cc1noc(C)c1CCC(=O)Nc1c(C)nc(N2CCCC2)nc1C. The molecule has 1 saturated heterocycles. The van der Waals surface area contributed by atoms with Gasteiger partial charge in [0, 0.05) is 25.1 Å². The normalized spacial score (nSPS) is 14.2. The highest BCUT2D eigenvalue weighted by Crippen LogP contribution is 2.23. The Morgan fingerprint density at radius 1 is 1.08 bits per heavy atom. The van der Waals surface area contributed by atoms with E-state index in [1.54, 1.807) is 0 Å². The Balaban J connectivity index is 1.66. The summed E-state index contributed by atoms with van der Waals surface area (Å²) in [4.78, 5) is 23.7. The minimum absolute atomic E-state index is 0.0521. The first-order chi connectivity index (χ1) is 12.0. The molecule has 2 aromatic heterocycles. The zero-order chi connectivity index (χ0) is 18.0. The van der Waals surface area contributed by atoms with E-state index in [9.17, 15) is 4.79 Å². The lowest BCUT2D eigenvalue weighted by molar-refractivity contribution is -0.116. The number of hydrogen-bond donors (Lipinski definition) is 1. The molecule has 1 aliphatic rings. The van der Waals surface area contributed by atoms with E-state index in [0.717, 1.165) is 47.4 Å². The average molecular weight is 343 g/mol. The van der Waals surface area contributed by atoms with Crippen LogP contribution >= 0.6 is 0 Å². The zero-order valence-electron chi connectivity index (χ0n) is 15.3. The van der Waals surface area contributed by atoms with Crippen molar-refractivity contribution in [2.45, 2.75) is 53.4 Å². The zero-order valence-corrected chi connectivity index (χ0v) is 15.3. The Hall–Kier alpha value is -2.44. The van der Waals surface area contributed by atoms with Crippen molar-refractivity contribution in [3.63, 3.8) is 0 Å². The maximum Gasteiger partial charge on any atom is 0.225 e. The monoisotopic (exact) mass is 343 g/mol. The fourth-order valence-corrected chi connectivity index (χ4v) is 3.24. The molecule has 0 aliphatic carbocycles. The second-order valence-corrected chi connectivity index (χ2v) is 6.61. The Morgan fingerprint density at radius 3 is 2.28 bits per heavy atom. The van der Waals surface area contributed by atoms with E-state index in [1.165, 1.54) is 12.8 Å². The van der Waals surface area contributed by atoms with Crippen LogP contribution in [0.5, 0.6) is 0 Å². The molecule has 1 fully saturated rings. The molecule has 0 bridgehead atoms. The lowest BCUT2D eigenvalue weighted by Crippen LogP contribution is -2.22. The third-order valence-electron chi connectivity index (χ3n) is 4.70. The van der Waals surface area contributed by atoms with Crippen LogP contribution < -0.4 is 10.2 Å². The lowest BCUT2D eigenvalue weighted by atomic mass is 10.1. The molecule has 0 aromatic carbocycles. The molecular weight excluding hydrogens is 318 g/mol. The lowest BCUT2D eigenvalue weighted by Gasteiger charge is -2.18. The first-order valence-electron chi connectivity index (χ1n) is 8.77. The average Bonchev–Trinajstić information content (AvgIpc) is 3.20. The number of hydrogen-bond acceptors (Lipinski definition) is 6. The van der Waals surface area contributed by atoms with Gasteiger partial charge in [0.1, 0.15) is 5.76 Å². The fraction of sp³-hybridized carbons (Fsp3) is 0.556. The van der Waals surface area contributed by atoms with Crippen LogP contribution in [-0.4, -0.2) is 34.1 Å². The summed E-state index contributed by atoms with van der Waals surface area (Å²) in [5.41, 5.74) is 4.17. The highest BCUT2D eigenvalue weighted by Gasteiger charge is 2.19. The molecule has 7 nitrogen and oxygen atoms in total. The second kappa shape index (κ2) is 7.21. The molecule has 0 spiro atoms. The molecule has 1 aliphatic heterocycles. The number of nitrogens with zero attached hydrogens (tertiary/aromatic N) is 4. The molecule has 0 unspecified atom stereocenters. The van der Waals surface area contributed by atoms with E-state index in [-0.39, 0.29) is 5.91 Å². The van der Waals surface area contributed by atoms with Crippen molar-refractivity contribution >= 4 is 17.5 Å². The van der Waals surface area contributed by atoms with Gasteiger partial charge >= 0.3 is 0 Å². The van der Waals surface area contributed by atoms with Gasteiger partial charge < -0.3 is 14.7 Å². The fourth-order valence-electron chi connectivity index (χ4n) is 3.24. The third-order valence-corrected chi connectivity index (χ3v) is 4.70. The molecule has 3 rings (SSSR count). The Kier molecular flexibility index (Phi) is 5.01. The largest absolute Gasteiger partial charge is 0.361 e. The first-order valence-corrected chi connectivity index (χ1v) is 8.77. The highest BCUT2D eigenvalue weighted by atomic mass is 16.5. The molecule has 2 aromatic rings. The Morgan fingerprint density at radius 2 is 1.72 bits per heavy atom. The van der Waals surface area contributed by atoms with Crippen LogP contribution in [0.15, 0.2) is 4.52 Å². The van der Waals surface area contributed by atoms with E-state index in [2.05, 4.69) is 25.3 Å². The number of nitrogens with one attached hydrogen (secondary N) is 1. The van der Waals surface area contributed by atoms with Gasteiger partial charge in [-0.05, 0) is 47.0 Å². The minimum atomic E-state index is -0.0521. The maximum absolute atomic E-state index is 12.3. The number of carbonyl (C=O) groups excluding carboxylic acids is 1. The molecule has 7 heteroatoms. The summed E-state index contributed by atoms with van der Waals surface area (Å²) in [5.74, 6) is 1.49. The summed E-state index contributed by atoms with van der Waals surface area (Å²) in [6.45, 7) is 9.59. The molecule has 3 heterocycles. The van der Waals surface area contributed by atoms with E-state index in [0.29, 0.717) is 18.5 Å². The highest BCUT2D eigenvalue weighted by molar-refractivity contribution is 5.92. The number of carbonyl (C=O) groups is 1. The van der Waals surface area contributed by atoms with Gasteiger partial charge in [-0.3, -0.25) is 4.79 Å². The van der Waals surface area contributed by atoms with Crippen molar-refractivity contribution in [3.8, 4) is 0 Å². The van der Waals surface area contributed by atoms with Crippen molar-refractivity contribution in [2.75, 3.05) is 23.3 Å². The van der Waals surface area contributed by atoms with E-state index >= 15 is 0 Å². The maximum atomic E-state index is 12.3. The predicted molar refractivity (Wildman–Crippen MR) is 95.9 cm³/mol. The summed E-state index contributed by atoms with van der Waals surface area (Å²) in [5, 5.41) is 6.89. The predicted octanol–water partition coefficient (Wildman–Crippen LogP) is 2.87. The van der Waals surface area contributed by atoms with Gasteiger partial charge in [-0.15, -0.1) is 0 Å². The van der Waals surface area contributed by atoms with Gasteiger partial charge in [0.15, 0.2) is 0 Å². The minimum Gasteiger partial charge on any atom is -0.361 e. The smallest absolute Gasteiger partial charge is 0.225 e. The molecule has 0 saturated carbocycles. The molecular formula is C18H25N5O2. The molecule has 0 radical (unpaired) electrons. The van der Waals surface area contributed by atoms with Gasteiger partial charge in [0.2, 0.25) is 11.9 Å². The van der Waals surface area contributed by atoms with Crippen LogP contribution in [0.1, 0.15) is 47.7 Å². The number of aromatic nitrogens is 3. The molecule has 1 N–H and O–H groups in total.